The van der Waals surface area contributed by atoms with Crippen molar-refractivity contribution in [2.24, 2.45) is 4.99 Å². The molecule has 2 amide bonds. The van der Waals surface area contributed by atoms with Gasteiger partial charge in [0.05, 0.1) is 37.1 Å². The Labute approximate surface area is 354 Å². The molecule has 0 fully saturated rings. The number of carbonyl (C=O) groups excluding carboxylic acids is 2. The monoisotopic (exact) mass is 862 g/mol. The molecular weight excluding hydrogens is 815 g/mol. The van der Waals surface area contributed by atoms with Crippen LogP contribution in [0.5, 0.6) is 11.5 Å². The van der Waals surface area contributed by atoms with Crippen molar-refractivity contribution < 1.29 is 27.5 Å². The van der Waals surface area contributed by atoms with E-state index in [1.165, 1.54) is 37.0 Å². The molecule has 59 heavy (non-hydrogen) atoms. The highest BCUT2D eigenvalue weighted by molar-refractivity contribution is 7.89. The molecule has 0 unspecified atom stereocenters. The first-order valence-electron chi connectivity index (χ1n) is 19.2. The molecule has 312 valence electrons. The molecule has 0 aliphatic carbocycles. The summed E-state index contributed by atoms with van der Waals surface area (Å²) in [5, 5.41) is 4.37. The second-order valence-electron chi connectivity index (χ2n) is 13.8. The third-order valence-electron chi connectivity index (χ3n) is 9.57. The minimum Gasteiger partial charge on any atom is -0.495 e. The molecule has 0 aliphatic rings. The lowest BCUT2D eigenvalue weighted by Crippen LogP contribution is -2.34. The Balaban J connectivity index is 1.55. The van der Waals surface area contributed by atoms with Gasteiger partial charge in [0.2, 0.25) is 10.0 Å². The van der Waals surface area contributed by atoms with Crippen LogP contribution < -0.4 is 30.0 Å². The van der Waals surface area contributed by atoms with E-state index < -0.39 is 21.8 Å². The number of halogens is 2. The fourth-order valence-electron chi connectivity index (χ4n) is 6.66. The number of fused-ring (bicyclic) bond motifs is 1. The molecule has 0 spiro atoms. The Morgan fingerprint density at radius 2 is 1.53 bits per heavy atom. The molecule has 5 aromatic rings. The number of aromatic nitrogens is 2. The summed E-state index contributed by atoms with van der Waals surface area (Å²) in [5.41, 5.74) is 2.07. The summed E-state index contributed by atoms with van der Waals surface area (Å²) in [4.78, 5) is 53.6. The lowest BCUT2D eigenvalue weighted by Gasteiger charge is -2.22. The van der Waals surface area contributed by atoms with Gasteiger partial charge < -0.3 is 19.7 Å². The van der Waals surface area contributed by atoms with Crippen LogP contribution in [-0.4, -0.2) is 69.1 Å². The van der Waals surface area contributed by atoms with E-state index >= 15 is 0 Å². The highest BCUT2D eigenvalue weighted by Gasteiger charge is 2.25. The average molecular weight is 864 g/mol. The third-order valence-corrected chi connectivity index (χ3v) is 10.6. The molecule has 0 aliphatic heterocycles. The number of unbranched alkanes of at least 4 members (excludes halogenated alkanes) is 4. The number of benzene rings is 4. The fraction of sp³-hybridized carbons (Fsp3) is 0.326. The van der Waals surface area contributed by atoms with E-state index in [4.69, 9.17) is 42.7 Å². The first-order chi connectivity index (χ1) is 28.2. The number of anilines is 2. The van der Waals surface area contributed by atoms with Gasteiger partial charge in [-0.2, -0.15) is 0 Å². The highest BCUT2D eigenvalue weighted by Crippen LogP contribution is 2.33. The number of hydrogen-bond acceptors (Lipinski definition) is 10. The smallest absolute Gasteiger partial charge is 0.278 e. The molecule has 2 N–H and O–H groups in total. The number of hydrogen-bond donors (Lipinski definition) is 2. The molecule has 1 heterocycles. The van der Waals surface area contributed by atoms with Crippen LogP contribution >= 0.6 is 23.2 Å². The Hall–Kier alpha value is -5.44. The van der Waals surface area contributed by atoms with E-state index in [1.807, 2.05) is 42.8 Å². The molecular formula is C43H48Cl2N6O7S. The molecule has 4 aromatic carbocycles. The first-order valence-corrected chi connectivity index (χ1v) is 21.9. The highest BCUT2D eigenvalue weighted by atomic mass is 35.5. The van der Waals surface area contributed by atoms with Gasteiger partial charge in [0.25, 0.3) is 17.4 Å². The number of aliphatic imine (C=N–C) groups is 1. The van der Waals surface area contributed by atoms with Gasteiger partial charge in [-0.1, -0.05) is 54.6 Å². The Kier molecular flexibility index (Phi) is 15.5. The molecule has 0 radical (unpaired) electrons. The lowest BCUT2D eigenvalue weighted by molar-refractivity contribution is -0.110. The van der Waals surface area contributed by atoms with Crippen molar-refractivity contribution >= 4 is 78.7 Å². The third kappa shape index (κ3) is 11.8. The van der Waals surface area contributed by atoms with Gasteiger partial charge in [0, 0.05) is 47.0 Å². The van der Waals surface area contributed by atoms with Crippen LogP contribution in [0.4, 0.5) is 17.1 Å². The van der Waals surface area contributed by atoms with Crippen molar-refractivity contribution in [1.82, 2.24) is 14.3 Å². The predicted molar refractivity (Wildman–Crippen MR) is 236 cm³/mol. The zero-order chi connectivity index (χ0) is 42.7. The van der Waals surface area contributed by atoms with E-state index in [2.05, 4.69) is 10.2 Å². The molecule has 0 saturated carbocycles. The number of nitrogens with zero attached hydrogens (tertiary/aromatic N) is 4. The summed E-state index contributed by atoms with van der Waals surface area (Å²) in [5.74, 6) is -1.11. The lowest BCUT2D eigenvalue weighted by atomic mass is 10.1. The largest absolute Gasteiger partial charge is 0.495 e. The van der Waals surface area contributed by atoms with E-state index in [0.717, 1.165) is 62.7 Å². The van der Waals surface area contributed by atoms with Crippen molar-refractivity contribution in [2.75, 3.05) is 43.8 Å². The van der Waals surface area contributed by atoms with Gasteiger partial charge in [0.15, 0.2) is 11.5 Å². The number of aryl methyl sites for hydroxylation is 1. The standard InChI is InChI=1S/C43H48Cl2N6O7S/c1-6-50(7-2)32-19-20-35(38(27-32)58-4)46-39(42(53)48-36-25-29(18-21-37(36)57-3)41(52)49-59(5,55)56)40-47-34-17-13-12-16-33(34)43(54)51(40)22-14-10-8-9-11-15-28-23-30(44)26-31(45)24-28/h12-13,16-21,23-27H,6-11,14-15,22H2,1-5H3,(H,48,53)(H,49,52). The second-order valence-corrected chi connectivity index (χ2v) is 16.4. The van der Waals surface area contributed by atoms with Crippen LogP contribution in [0.15, 0.2) is 88.6 Å². The molecule has 5 rings (SSSR count). The SMILES string of the molecule is CCN(CC)c1ccc(N=C(C(=O)Nc2cc(C(=O)NS(C)(=O)=O)ccc2OC)c2nc3ccccc3c(=O)n2CCCCCCCc2cc(Cl)cc(Cl)c2)c(OC)c1. The number of carbonyl (C=O) groups is 2. The molecule has 13 nitrogen and oxygen atoms in total. The predicted octanol–water partition coefficient (Wildman–Crippen LogP) is 8.21. The summed E-state index contributed by atoms with van der Waals surface area (Å²) in [6, 6.07) is 22.0. The zero-order valence-corrected chi connectivity index (χ0v) is 36.0. The normalized spacial score (nSPS) is 11.7. The minimum atomic E-state index is -3.88. The maximum absolute atomic E-state index is 14.7. The molecule has 0 bridgehead atoms. The number of sulfonamides is 1. The van der Waals surface area contributed by atoms with E-state index in [-0.39, 0.29) is 40.6 Å². The summed E-state index contributed by atoms with van der Waals surface area (Å²) < 4.78 is 38.3. The number of amides is 2. The Morgan fingerprint density at radius 3 is 2.20 bits per heavy atom. The van der Waals surface area contributed by atoms with Crippen LogP contribution in [0.2, 0.25) is 10.0 Å². The fourth-order valence-corrected chi connectivity index (χ4v) is 7.69. The average Bonchev–Trinajstić information content (AvgIpc) is 3.20. The Bertz CT molecular complexity index is 2500. The molecule has 0 saturated heterocycles. The zero-order valence-electron chi connectivity index (χ0n) is 33.7. The van der Waals surface area contributed by atoms with E-state index in [0.29, 0.717) is 38.8 Å². The first kappa shape index (κ1) is 44.7. The minimum absolute atomic E-state index is 0.0175. The second kappa shape index (κ2) is 20.5. The van der Waals surface area contributed by atoms with E-state index in [9.17, 15) is 22.8 Å². The van der Waals surface area contributed by atoms with Crippen LogP contribution in [0.25, 0.3) is 10.9 Å². The number of rotatable bonds is 19. The van der Waals surface area contributed by atoms with Crippen molar-refractivity contribution in [2.45, 2.75) is 58.9 Å². The maximum Gasteiger partial charge on any atom is 0.278 e. The van der Waals surface area contributed by atoms with Crippen LogP contribution in [0, 0.1) is 0 Å². The van der Waals surface area contributed by atoms with Gasteiger partial charge >= 0.3 is 0 Å². The van der Waals surface area contributed by atoms with Gasteiger partial charge in [-0.3, -0.25) is 19.0 Å². The van der Waals surface area contributed by atoms with E-state index in [1.54, 1.807) is 36.4 Å². The maximum atomic E-state index is 14.7. The number of methoxy groups -OCH3 is 2. The molecule has 0 atom stereocenters. The Morgan fingerprint density at radius 1 is 0.847 bits per heavy atom. The van der Waals surface area contributed by atoms with Crippen molar-refractivity contribution in [3.8, 4) is 11.5 Å². The van der Waals surface area contributed by atoms with Crippen molar-refractivity contribution in [3.05, 3.63) is 116 Å². The number of nitrogens with one attached hydrogen (secondary N) is 2. The topological polar surface area (TPSA) is 161 Å². The summed E-state index contributed by atoms with van der Waals surface area (Å²) >= 11 is 12.4. The number of ether oxygens (including phenoxy) is 2. The van der Waals surface area contributed by atoms with Gasteiger partial charge in [-0.05, 0) is 99.3 Å². The van der Waals surface area contributed by atoms with Crippen molar-refractivity contribution in [1.29, 1.82) is 0 Å². The summed E-state index contributed by atoms with van der Waals surface area (Å²) in [6.07, 6.45) is 5.89. The van der Waals surface area contributed by atoms with Gasteiger partial charge in [0.1, 0.15) is 17.2 Å². The number of para-hydroxylation sites is 1. The van der Waals surface area contributed by atoms with Gasteiger partial charge in [-0.15, -0.1) is 0 Å². The quantitative estimate of drug-likeness (QED) is 0.0616. The molecule has 1 aromatic heterocycles. The molecule has 16 heteroatoms. The summed E-state index contributed by atoms with van der Waals surface area (Å²) in [6.45, 7) is 5.83. The van der Waals surface area contributed by atoms with Gasteiger partial charge in [-0.25, -0.2) is 23.1 Å². The van der Waals surface area contributed by atoms with Crippen molar-refractivity contribution in [3.63, 3.8) is 0 Å². The van der Waals surface area contributed by atoms with Crippen LogP contribution in [-0.2, 0) is 27.8 Å². The summed E-state index contributed by atoms with van der Waals surface area (Å²) in [7, 11) is -0.994. The van der Waals surface area contributed by atoms with Crippen LogP contribution in [0.3, 0.4) is 0 Å². The van der Waals surface area contributed by atoms with Crippen LogP contribution in [0.1, 0.15) is 67.7 Å².